The summed E-state index contributed by atoms with van der Waals surface area (Å²) in [6, 6.07) is 6.58. The van der Waals surface area contributed by atoms with Gasteiger partial charge in [0.2, 0.25) is 0 Å². The first-order valence-corrected chi connectivity index (χ1v) is 7.25. The Hall–Kier alpha value is -2.93. The number of nitrogens with zero attached hydrogens (tertiary/aromatic N) is 2. The van der Waals surface area contributed by atoms with Crippen LogP contribution in [0.1, 0.15) is 34.1 Å². The summed E-state index contributed by atoms with van der Waals surface area (Å²) in [5.74, 6) is 0.185. The van der Waals surface area contributed by atoms with Crippen LogP contribution >= 0.6 is 0 Å². The van der Waals surface area contributed by atoms with E-state index in [-0.39, 0.29) is 12.4 Å². The average molecular weight is 329 g/mol. The van der Waals surface area contributed by atoms with Crippen molar-refractivity contribution in [3.8, 4) is 11.5 Å². The predicted octanol–water partition coefficient (Wildman–Crippen LogP) is 1.75. The zero-order valence-electron chi connectivity index (χ0n) is 13.7. The summed E-state index contributed by atoms with van der Waals surface area (Å²) in [5.41, 5.74) is 4.42. The third-order valence-corrected chi connectivity index (χ3v) is 3.52. The standard InChI is InChI=1S/C17H19N3O4/c1-10(15-13(9-21)8-18-11(2)16(15)22)19-20-17(23)12-4-6-14(24-3)7-5-12/h4-8,21-22H,9H2,1-3H3,(H,20,23)/b19-10+. The van der Waals surface area contributed by atoms with Crippen molar-refractivity contribution in [2.24, 2.45) is 5.10 Å². The second-order valence-corrected chi connectivity index (χ2v) is 5.12. The number of hydrazone groups is 1. The van der Waals surface area contributed by atoms with Crippen LogP contribution in [0, 0.1) is 6.92 Å². The first kappa shape index (κ1) is 17.4. The van der Waals surface area contributed by atoms with Gasteiger partial charge in [-0.05, 0) is 38.1 Å². The van der Waals surface area contributed by atoms with Crippen molar-refractivity contribution in [2.75, 3.05) is 7.11 Å². The van der Waals surface area contributed by atoms with Gasteiger partial charge >= 0.3 is 0 Å². The molecule has 1 heterocycles. The molecule has 0 saturated heterocycles. The number of aromatic nitrogens is 1. The van der Waals surface area contributed by atoms with Crippen molar-refractivity contribution < 1.29 is 19.7 Å². The van der Waals surface area contributed by atoms with Crippen LogP contribution in [0.3, 0.4) is 0 Å². The zero-order valence-corrected chi connectivity index (χ0v) is 13.7. The lowest BCUT2D eigenvalue weighted by atomic mass is 10.0. The van der Waals surface area contributed by atoms with Crippen LogP contribution in [0.5, 0.6) is 11.5 Å². The Kier molecular flexibility index (Phi) is 5.49. The fraction of sp³-hybridized carbons (Fsp3) is 0.235. The largest absolute Gasteiger partial charge is 0.505 e. The number of methoxy groups -OCH3 is 1. The summed E-state index contributed by atoms with van der Waals surface area (Å²) in [7, 11) is 1.55. The fourth-order valence-corrected chi connectivity index (χ4v) is 2.15. The lowest BCUT2D eigenvalue weighted by Crippen LogP contribution is -2.20. The van der Waals surface area contributed by atoms with Crippen molar-refractivity contribution in [3.05, 3.63) is 52.8 Å². The highest BCUT2D eigenvalue weighted by atomic mass is 16.5. The predicted molar refractivity (Wildman–Crippen MR) is 89.2 cm³/mol. The number of aromatic hydroxyl groups is 1. The van der Waals surface area contributed by atoms with E-state index in [4.69, 9.17) is 4.74 Å². The highest BCUT2D eigenvalue weighted by Gasteiger charge is 2.14. The molecule has 0 saturated carbocycles. The Bertz CT molecular complexity index is 770. The van der Waals surface area contributed by atoms with E-state index in [9.17, 15) is 15.0 Å². The number of amides is 1. The van der Waals surface area contributed by atoms with Gasteiger partial charge < -0.3 is 14.9 Å². The van der Waals surface area contributed by atoms with E-state index >= 15 is 0 Å². The molecule has 0 atom stereocenters. The molecular formula is C17H19N3O4. The third kappa shape index (κ3) is 3.69. The quantitative estimate of drug-likeness (QED) is 0.573. The molecule has 126 valence electrons. The highest BCUT2D eigenvalue weighted by Crippen LogP contribution is 2.24. The number of nitrogens with one attached hydrogen (secondary N) is 1. The van der Waals surface area contributed by atoms with Gasteiger partial charge in [-0.3, -0.25) is 9.78 Å². The number of hydrogen-bond donors (Lipinski definition) is 3. The van der Waals surface area contributed by atoms with E-state index in [0.29, 0.717) is 33.8 Å². The van der Waals surface area contributed by atoms with Gasteiger partial charge in [-0.1, -0.05) is 0 Å². The minimum absolute atomic E-state index is 0.0681. The number of carbonyl (C=O) groups is 1. The minimum atomic E-state index is -0.396. The first-order chi connectivity index (χ1) is 11.5. The lowest BCUT2D eigenvalue weighted by Gasteiger charge is -2.11. The molecule has 2 rings (SSSR count). The van der Waals surface area contributed by atoms with Gasteiger partial charge in [0.1, 0.15) is 11.5 Å². The molecule has 2 aromatic rings. The van der Waals surface area contributed by atoms with Crippen LogP contribution in [-0.2, 0) is 6.61 Å². The Labute approximate surface area is 139 Å². The maximum absolute atomic E-state index is 12.1. The molecule has 0 fully saturated rings. The number of benzene rings is 1. The molecule has 0 aliphatic heterocycles. The fourth-order valence-electron chi connectivity index (χ4n) is 2.15. The maximum Gasteiger partial charge on any atom is 0.271 e. The van der Waals surface area contributed by atoms with E-state index < -0.39 is 5.91 Å². The highest BCUT2D eigenvalue weighted by molar-refractivity contribution is 6.03. The molecule has 0 bridgehead atoms. The van der Waals surface area contributed by atoms with Crippen LogP contribution in [0.25, 0.3) is 0 Å². The molecule has 0 radical (unpaired) electrons. The second kappa shape index (κ2) is 7.56. The normalized spacial score (nSPS) is 11.2. The van der Waals surface area contributed by atoms with Gasteiger partial charge in [-0.2, -0.15) is 5.10 Å². The maximum atomic E-state index is 12.1. The molecule has 0 unspecified atom stereocenters. The Balaban J connectivity index is 2.22. The summed E-state index contributed by atoms with van der Waals surface area (Å²) in [4.78, 5) is 16.1. The molecular weight excluding hydrogens is 310 g/mol. The number of aliphatic hydroxyl groups excluding tert-OH is 1. The van der Waals surface area contributed by atoms with Crippen molar-refractivity contribution in [1.29, 1.82) is 0 Å². The van der Waals surface area contributed by atoms with Gasteiger partial charge in [0, 0.05) is 22.9 Å². The zero-order chi connectivity index (χ0) is 17.7. The van der Waals surface area contributed by atoms with Crippen LogP contribution in [0.15, 0.2) is 35.6 Å². The molecule has 0 aliphatic carbocycles. The number of ether oxygens (including phenoxy) is 1. The molecule has 1 aromatic heterocycles. The topological polar surface area (TPSA) is 104 Å². The van der Waals surface area contributed by atoms with Crippen molar-refractivity contribution in [1.82, 2.24) is 10.4 Å². The third-order valence-electron chi connectivity index (χ3n) is 3.52. The average Bonchev–Trinajstić information content (AvgIpc) is 2.61. The molecule has 1 aromatic carbocycles. The Morgan fingerprint density at radius 2 is 2.00 bits per heavy atom. The second-order valence-electron chi connectivity index (χ2n) is 5.12. The molecule has 7 heteroatoms. The summed E-state index contributed by atoms with van der Waals surface area (Å²) in [6.45, 7) is 2.97. The van der Waals surface area contributed by atoms with E-state index in [1.54, 1.807) is 45.2 Å². The molecule has 7 nitrogen and oxygen atoms in total. The number of pyridine rings is 1. The van der Waals surface area contributed by atoms with E-state index in [0.717, 1.165) is 0 Å². The number of carbonyl (C=O) groups excluding carboxylic acids is 1. The summed E-state index contributed by atoms with van der Waals surface area (Å²) in [5, 5.41) is 23.5. The number of aliphatic hydroxyl groups is 1. The van der Waals surface area contributed by atoms with Crippen LogP contribution in [-0.4, -0.2) is 33.9 Å². The minimum Gasteiger partial charge on any atom is -0.505 e. The molecule has 3 N–H and O–H groups in total. The van der Waals surface area contributed by atoms with E-state index in [1.165, 1.54) is 6.20 Å². The van der Waals surface area contributed by atoms with Gasteiger partial charge in [-0.15, -0.1) is 0 Å². The van der Waals surface area contributed by atoms with Crippen LogP contribution < -0.4 is 10.2 Å². The molecule has 0 aliphatic rings. The monoisotopic (exact) mass is 329 g/mol. The van der Waals surface area contributed by atoms with Crippen molar-refractivity contribution in [3.63, 3.8) is 0 Å². The van der Waals surface area contributed by atoms with E-state index in [1.807, 2.05) is 0 Å². The smallest absolute Gasteiger partial charge is 0.271 e. The van der Waals surface area contributed by atoms with Crippen LogP contribution in [0.2, 0.25) is 0 Å². The first-order valence-electron chi connectivity index (χ1n) is 7.25. The Morgan fingerprint density at radius 1 is 1.33 bits per heavy atom. The summed E-state index contributed by atoms with van der Waals surface area (Å²) >= 11 is 0. The summed E-state index contributed by atoms with van der Waals surface area (Å²) in [6.07, 6.45) is 1.47. The molecule has 24 heavy (non-hydrogen) atoms. The van der Waals surface area contributed by atoms with E-state index in [2.05, 4.69) is 15.5 Å². The SMILES string of the molecule is COc1ccc(C(=O)N/N=C(\C)c2c(CO)cnc(C)c2O)cc1. The van der Waals surface area contributed by atoms with Crippen molar-refractivity contribution >= 4 is 11.6 Å². The number of aryl methyl sites for hydroxylation is 1. The lowest BCUT2D eigenvalue weighted by molar-refractivity contribution is 0.0955. The van der Waals surface area contributed by atoms with Gasteiger partial charge in [-0.25, -0.2) is 5.43 Å². The van der Waals surface area contributed by atoms with Gasteiger partial charge in [0.25, 0.3) is 5.91 Å². The molecule has 0 spiro atoms. The van der Waals surface area contributed by atoms with Gasteiger partial charge in [0.15, 0.2) is 0 Å². The van der Waals surface area contributed by atoms with Gasteiger partial charge in [0.05, 0.1) is 25.1 Å². The number of rotatable bonds is 5. The molecule has 1 amide bonds. The van der Waals surface area contributed by atoms with Crippen molar-refractivity contribution in [2.45, 2.75) is 20.5 Å². The summed E-state index contributed by atoms with van der Waals surface area (Å²) < 4.78 is 5.04. The number of hydrogen-bond acceptors (Lipinski definition) is 6. The Morgan fingerprint density at radius 3 is 2.58 bits per heavy atom. The van der Waals surface area contributed by atoms with Crippen LogP contribution in [0.4, 0.5) is 0 Å².